The summed E-state index contributed by atoms with van der Waals surface area (Å²) >= 11 is 5.13. The van der Waals surface area contributed by atoms with Crippen LogP contribution in [-0.4, -0.2) is 32.5 Å². The highest BCUT2D eigenvalue weighted by atomic mass is 79.9. The Hall–Kier alpha value is -1.41. The molecule has 0 bridgehead atoms. The number of rotatable bonds is 8. The van der Waals surface area contributed by atoms with Crippen LogP contribution in [0, 0.1) is 0 Å². The van der Waals surface area contributed by atoms with Gasteiger partial charge < -0.3 is 17.7 Å². The normalized spacial score (nSPS) is 10.4. The van der Waals surface area contributed by atoms with Crippen molar-refractivity contribution >= 4 is 27.7 Å². The topological polar surface area (TPSA) is 55.6 Å². The van der Waals surface area contributed by atoms with E-state index in [-0.39, 0.29) is 12.4 Å². The maximum atomic E-state index is 4.11. The third-order valence-electron chi connectivity index (χ3n) is 3.41. The minimum atomic E-state index is 0. The number of aromatic nitrogens is 4. The van der Waals surface area contributed by atoms with E-state index < -0.39 is 0 Å². The van der Waals surface area contributed by atoms with Crippen LogP contribution in [0.1, 0.15) is 12.0 Å². The summed E-state index contributed by atoms with van der Waals surface area (Å²) in [6.07, 6.45) is 1.06. The van der Waals surface area contributed by atoms with E-state index in [0.29, 0.717) is 0 Å². The Kier molecular flexibility index (Phi) is 8.40. The SMILES string of the molecule is Brc1ccc(CNCCCSc2nnnn2-c2ccccc2)cc1.[Cl-]. The quantitative estimate of drug-likeness (QED) is 0.414. The van der Waals surface area contributed by atoms with Crippen LogP contribution in [-0.2, 0) is 6.54 Å². The lowest BCUT2D eigenvalue weighted by Crippen LogP contribution is -3.00. The molecule has 3 rings (SSSR count). The summed E-state index contributed by atoms with van der Waals surface area (Å²) in [6, 6.07) is 18.3. The van der Waals surface area contributed by atoms with Crippen LogP contribution < -0.4 is 17.7 Å². The Labute approximate surface area is 166 Å². The molecule has 0 aliphatic rings. The lowest BCUT2D eigenvalue weighted by atomic mass is 10.2. The average molecular weight is 440 g/mol. The zero-order valence-corrected chi connectivity index (χ0v) is 16.6. The minimum absolute atomic E-state index is 0. The molecule has 0 unspecified atom stereocenters. The van der Waals surface area contributed by atoms with Crippen molar-refractivity contribution in [1.29, 1.82) is 0 Å². The molecule has 0 saturated heterocycles. The molecule has 1 N–H and O–H groups in total. The van der Waals surface area contributed by atoms with Crippen molar-refractivity contribution in [2.75, 3.05) is 12.3 Å². The van der Waals surface area contributed by atoms with Crippen molar-refractivity contribution in [2.24, 2.45) is 0 Å². The van der Waals surface area contributed by atoms with Crippen molar-refractivity contribution in [2.45, 2.75) is 18.1 Å². The van der Waals surface area contributed by atoms with Gasteiger partial charge in [0.25, 0.3) is 0 Å². The highest BCUT2D eigenvalue weighted by molar-refractivity contribution is 9.10. The first-order valence-corrected chi connectivity index (χ1v) is 9.52. The number of tetrazole rings is 1. The molecule has 5 nitrogen and oxygen atoms in total. The van der Waals surface area contributed by atoms with E-state index in [9.17, 15) is 0 Å². The highest BCUT2D eigenvalue weighted by Crippen LogP contribution is 2.18. The maximum absolute atomic E-state index is 4.11. The molecular weight excluding hydrogens is 422 g/mol. The molecule has 0 aliphatic heterocycles. The Bertz CT molecular complexity index is 751. The van der Waals surface area contributed by atoms with E-state index in [4.69, 9.17) is 0 Å². The molecule has 1 aromatic heterocycles. The molecule has 2 aromatic carbocycles. The van der Waals surface area contributed by atoms with Gasteiger partial charge in [-0.1, -0.05) is 58.0 Å². The monoisotopic (exact) mass is 438 g/mol. The number of benzene rings is 2. The van der Waals surface area contributed by atoms with Crippen molar-refractivity contribution in [3.63, 3.8) is 0 Å². The van der Waals surface area contributed by atoms with E-state index in [1.54, 1.807) is 16.4 Å². The Balaban J connectivity index is 0.00000225. The van der Waals surface area contributed by atoms with Gasteiger partial charge in [0.1, 0.15) is 0 Å². The molecule has 0 amide bonds. The third-order valence-corrected chi connectivity index (χ3v) is 4.95. The molecule has 0 aliphatic carbocycles. The van der Waals surface area contributed by atoms with Gasteiger partial charge in [0.2, 0.25) is 5.16 Å². The number of hydrogen-bond acceptors (Lipinski definition) is 5. The first-order valence-electron chi connectivity index (χ1n) is 7.75. The van der Waals surface area contributed by atoms with E-state index in [0.717, 1.165) is 40.6 Å². The summed E-state index contributed by atoms with van der Waals surface area (Å²) < 4.78 is 2.89. The lowest BCUT2D eigenvalue weighted by Gasteiger charge is -2.06. The van der Waals surface area contributed by atoms with Crippen LogP contribution in [0.25, 0.3) is 5.69 Å². The smallest absolute Gasteiger partial charge is 0.214 e. The zero-order chi connectivity index (χ0) is 16.6. The van der Waals surface area contributed by atoms with Gasteiger partial charge in [0.15, 0.2) is 0 Å². The predicted octanol–water partition coefficient (Wildman–Crippen LogP) is 0.701. The fourth-order valence-electron chi connectivity index (χ4n) is 2.20. The summed E-state index contributed by atoms with van der Waals surface area (Å²) in [4.78, 5) is 0. The van der Waals surface area contributed by atoms with E-state index in [2.05, 4.69) is 61.0 Å². The molecule has 0 radical (unpaired) electrons. The number of hydrogen-bond donors (Lipinski definition) is 1. The summed E-state index contributed by atoms with van der Waals surface area (Å²) in [5.41, 5.74) is 2.28. The number of para-hydroxylation sites is 1. The van der Waals surface area contributed by atoms with Gasteiger partial charge in [0, 0.05) is 16.8 Å². The fraction of sp³-hybridized carbons (Fsp3) is 0.235. The molecule has 132 valence electrons. The van der Waals surface area contributed by atoms with E-state index in [1.807, 2.05) is 30.3 Å². The molecule has 0 spiro atoms. The van der Waals surface area contributed by atoms with Gasteiger partial charge in [0.05, 0.1) is 5.69 Å². The highest BCUT2D eigenvalue weighted by Gasteiger charge is 2.07. The van der Waals surface area contributed by atoms with E-state index >= 15 is 0 Å². The van der Waals surface area contributed by atoms with Crippen LogP contribution in [0.4, 0.5) is 0 Å². The fourth-order valence-corrected chi connectivity index (χ4v) is 3.29. The molecule has 3 aromatic rings. The molecule has 0 saturated carbocycles. The third kappa shape index (κ3) is 6.11. The zero-order valence-electron chi connectivity index (χ0n) is 13.5. The van der Waals surface area contributed by atoms with Crippen LogP contribution >= 0.6 is 27.7 Å². The molecule has 8 heteroatoms. The average Bonchev–Trinajstić information content (AvgIpc) is 3.09. The van der Waals surface area contributed by atoms with Crippen molar-refractivity contribution in [3.05, 3.63) is 64.6 Å². The first-order chi connectivity index (χ1) is 11.8. The van der Waals surface area contributed by atoms with Crippen molar-refractivity contribution in [3.8, 4) is 5.69 Å². The van der Waals surface area contributed by atoms with Gasteiger partial charge in [-0.25, -0.2) is 0 Å². The number of nitrogens with one attached hydrogen (secondary N) is 1. The molecule has 0 fully saturated rings. The Morgan fingerprint density at radius 2 is 1.80 bits per heavy atom. The summed E-state index contributed by atoms with van der Waals surface area (Å²) in [7, 11) is 0. The van der Waals surface area contributed by atoms with Crippen LogP contribution in [0.2, 0.25) is 0 Å². The van der Waals surface area contributed by atoms with Gasteiger partial charge >= 0.3 is 0 Å². The number of nitrogens with zero attached hydrogens (tertiary/aromatic N) is 4. The second kappa shape index (κ2) is 10.6. The number of halogens is 2. The largest absolute Gasteiger partial charge is 1.00 e. The van der Waals surface area contributed by atoms with Crippen LogP contribution in [0.3, 0.4) is 0 Å². The molecule has 25 heavy (non-hydrogen) atoms. The van der Waals surface area contributed by atoms with Crippen molar-refractivity contribution < 1.29 is 12.4 Å². The molecule has 1 heterocycles. The van der Waals surface area contributed by atoms with Gasteiger partial charge in [-0.15, -0.1) is 5.10 Å². The van der Waals surface area contributed by atoms with Gasteiger partial charge in [-0.05, 0) is 53.2 Å². The predicted molar refractivity (Wildman–Crippen MR) is 100 cm³/mol. The Morgan fingerprint density at radius 1 is 1.04 bits per heavy atom. The molecular formula is C17H18BrClN5S-. The second-order valence-corrected chi connectivity index (χ2v) is 7.19. The maximum Gasteiger partial charge on any atom is 0.214 e. The van der Waals surface area contributed by atoms with Crippen LogP contribution in [0.15, 0.2) is 64.2 Å². The van der Waals surface area contributed by atoms with Gasteiger partial charge in [-0.3, -0.25) is 0 Å². The van der Waals surface area contributed by atoms with Crippen LogP contribution in [0.5, 0.6) is 0 Å². The van der Waals surface area contributed by atoms with Crippen molar-refractivity contribution in [1.82, 2.24) is 25.5 Å². The first kappa shape index (κ1) is 19.9. The lowest BCUT2D eigenvalue weighted by molar-refractivity contribution is -0.00000484. The summed E-state index contributed by atoms with van der Waals surface area (Å²) in [5.74, 6) is 0.973. The van der Waals surface area contributed by atoms with E-state index in [1.165, 1.54) is 5.56 Å². The second-order valence-electron chi connectivity index (χ2n) is 5.21. The summed E-state index contributed by atoms with van der Waals surface area (Å²) in [6.45, 7) is 1.86. The standard InChI is InChI=1S/C17H18BrN5S.ClH/c18-15-9-7-14(8-10-15)13-19-11-4-12-24-17-20-21-22-23(17)16-5-2-1-3-6-16;/h1-3,5-10,19H,4,11-13H2;1H/p-1. The molecule has 0 atom stereocenters. The summed E-state index contributed by atoms with van der Waals surface area (Å²) in [5, 5.41) is 16.2. The van der Waals surface area contributed by atoms with Gasteiger partial charge in [-0.2, -0.15) is 4.68 Å². The Morgan fingerprint density at radius 3 is 2.56 bits per heavy atom. The number of thioether (sulfide) groups is 1. The minimum Gasteiger partial charge on any atom is -1.00 e.